The van der Waals surface area contributed by atoms with E-state index in [9.17, 15) is 9.59 Å². The SMILES string of the molecule is CCCN1C(=O)S/C(=C/c2cc(OCC)c(OCc3ccc(Cl)cc3)cc2Br)C1=O. The number of thioether (sulfide) groups is 1. The zero-order valence-corrected chi connectivity index (χ0v) is 19.8. The van der Waals surface area contributed by atoms with E-state index in [0.717, 1.165) is 33.8 Å². The van der Waals surface area contributed by atoms with Crippen LogP contribution in [0.2, 0.25) is 5.02 Å². The van der Waals surface area contributed by atoms with Gasteiger partial charge in [-0.1, -0.05) is 46.6 Å². The van der Waals surface area contributed by atoms with Crippen LogP contribution in [-0.2, 0) is 11.4 Å². The molecule has 158 valence electrons. The number of carbonyl (C=O) groups is 2. The molecule has 0 spiro atoms. The fourth-order valence-electron chi connectivity index (χ4n) is 2.84. The number of imide groups is 1. The molecule has 2 aromatic rings. The predicted molar refractivity (Wildman–Crippen MR) is 124 cm³/mol. The number of carbonyl (C=O) groups excluding carboxylic acids is 2. The maximum absolute atomic E-state index is 12.5. The van der Waals surface area contributed by atoms with E-state index < -0.39 is 0 Å². The van der Waals surface area contributed by atoms with Crippen LogP contribution in [0, 0.1) is 0 Å². The maximum Gasteiger partial charge on any atom is 0.293 e. The third-order valence-electron chi connectivity index (χ3n) is 4.28. The smallest absolute Gasteiger partial charge is 0.293 e. The second-order valence-electron chi connectivity index (χ2n) is 6.50. The molecule has 2 amide bonds. The zero-order valence-electron chi connectivity index (χ0n) is 16.6. The van der Waals surface area contributed by atoms with Gasteiger partial charge in [0.1, 0.15) is 6.61 Å². The third kappa shape index (κ3) is 5.39. The normalized spacial score (nSPS) is 15.2. The summed E-state index contributed by atoms with van der Waals surface area (Å²) in [5.74, 6) is 0.878. The number of ether oxygens (including phenoxy) is 2. The predicted octanol–water partition coefficient (Wildman–Crippen LogP) is 6.53. The quantitative estimate of drug-likeness (QED) is 0.378. The highest BCUT2D eigenvalue weighted by molar-refractivity contribution is 9.10. The fraction of sp³-hybridized carbons (Fsp3) is 0.273. The van der Waals surface area contributed by atoms with Gasteiger partial charge in [-0.2, -0.15) is 0 Å². The Labute approximate surface area is 193 Å². The van der Waals surface area contributed by atoms with Crippen molar-refractivity contribution in [3.05, 3.63) is 61.9 Å². The molecule has 0 saturated carbocycles. The number of amides is 2. The van der Waals surface area contributed by atoms with Gasteiger partial charge in [0, 0.05) is 16.0 Å². The Morgan fingerprint density at radius 3 is 2.47 bits per heavy atom. The highest BCUT2D eigenvalue weighted by Crippen LogP contribution is 2.38. The number of nitrogens with zero attached hydrogens (tertiary/aromatic N) is 1. The minimum atomic E-state index is -0.264. The number of rotatable bonds is 8. The summed E-state index contributed by atoms with van der Waals surface area (Å²) in [5, 5.41) is 0.432. The van der Waals surface area contributed by atoms with Gasteiger partial charge in [0.25, 0.3) is 11.1 Å². The minimum absolute atomic E-state index is 0.239. The van der Waals surface area contributed by atoms with Crippen molar-refractivity contribution >= 4 is 56.5 Å². The number of benzene rings is 2. The van der Waals surface area contributed by atoms with Crippen molar-refractivity contribution in [3.63, 3.8) is 0 Å². The fourth-order valence-corrected chi connectivity index (χ4v) is 4.26. The lowest BCUT2D eigenvalue weighted by Crippen LogP contribution is -2.28. The molecular formula is C22H21BrClNO4S. The molecule has 0 aliphatic carbocycles. The van der Waals surface area contributed by atoms with Gasteiger partial charge >= 0.3 is 0 Å². The summed E-state index contributed by atoms with van der Waals surface area (Å²) in [6.45, 7) is 5.07. The Bertz CT molecular complexity index is 978. The number of hydrogen-bond acceptors (Lipinski definition) is 5. The Kier molecular flexibility index (Phi) is 7.86. The van der Waals surface area contributed by atoms with Crippen LogP contribution in [0.4, 0.5) is 4.79 Å². The molecule has 1 fully saturated rings. The Balaban J connectivity index is 1.85. The minimum Gasteiger partial charge on any atom is -0.490 e. The van der Waals surface area contributed by atoms with E-state index in [2.05, 4.69) is 15.9 Å². The van der Waals surface area contributed by atoms with Gasteiger partial charge in [0.15, 0.2) is 11.5 Å². The summed E-state index contributed by atoms with van der Waals surface area (Å²) in [6, 6.07) is 11.0. The zero-order chi connectivity index (χ0) is 21.7. The Morgan fingerprint density at radius 2 is 1.80 bits per heavy atom. The number of hydrogen-bond donors (Lipinski definition) is 0. The molecule has 1 aliphatic heterocycles. The lowest BCUT2D eigenvalue weighted by molar-refractivity contribution is -0.122. The van der Waals surface area contributed by atoms with Crippen molar-refractivity contribution in [1.29, 1.82) is 0 Å². The van der Waals surface area contributed by atoms with E-state index in [4.69, 9.17) is 21.1 Å². The molecule has 2 aromatic carbocycles. The third-order valence-corrected chi connectivity index (χ3v) is 6.12. The van der Waals surface area contributed by atoms with E-state index in [1.54, 1.807) is 12.1 Å². The molecule has 8 heteroatoms. The van der Waals surface area contributed by atoms with Crippen molar-refractivity contribution in [2.75, 3.05) is 13.2 Å². The molecule has 3 rings (SSSR count). The summed E-state index contributed by atoms with van der Waals surface area (Å²) < 4.78 is 12.4. The van der Waals surface area contributed by atoms with Crippen molar-refractivity contribution in [3.8, 4) is 11.5 Å². The van der Waals surface area contributed by atoms with Crippen LogP contribution in [0.25, 0.3) is 6.08 Å². The summed E-state index contributed by atoms with van der Waals surface area (Å²) in [5.41, 5.74) is 1.71. The van der Waals surface area contributed by atoms with Gasteiger partial charge in [0.2, 0.25) is 0 Å². The molecular weight excluding hydrogens is 490 g/mol. The first-order chi connectivity index (χ1) is 14.4. The van der Waals surface area contributed by atoms with Gasteiger partial charge in [-0.25, -0.2) is 0 Å². The van der Waals surface area contributed by atoms with Gasteiger partial charge in [-0.3, -0.25) is 14.5 Å². The first-order valence-corrected chi connectivity index (χ1v) is 11.5. The molecule has 0 radical (unpaired) electrons. The van der Waals surface area contributed by atoms with Gasteiger partial charge in [-0.05, 0) is 66.6 Å². The van der Waals surface area contributed by atoms with Gasteiger partial charge in [0.05, 0.1) is 11.5 Å². The molecule has 0 bridgehead atoms. The molecule has 30 heavy (non-hydrogen) atoms. The van der Waals surface area contributed by atoms with E-state index in [-0.39, 0.29) is 11.1 Å². The van der Waals surface area contributed by atoms with Gasteiger partial charge < -0.3 is 9.47 Å². The molecule has 1 aliphatic rings. The molecule has 5 nitrogen and oxygen atoms in total. The summed E-state index contributed by atoms with van der Waals surface area (Å²) in [4.78, 5) is 26.3. The van der Waals surface area contributed by atoms with E-state index in [0.29, 0.717) is 41.2 Å². The lowest BCUT2D eigenvalue weighted by Gasteiger charge is -2.14. The molecule has 0 N–H and O–H groups in total. The average Bonchev–Trinajstić information content (AvgIpc) is 2.98. The second-order valence-corrected chi connectivity index (χ2v) is 8.79. The van der Waals surface area contributed by atoms with Crippen LogP contribution in [0.5, 0.6) is 11.5 Å². The average molecular weight is 511 g/mol. The second kappa shape index (κ2) is 10.4. The van der Waals surface area contributed by atoms with Crippen molar-refractivity contribution < 1.29 is 19.1 Å². The summed E-state index contributed by atoms with van der Waals surface area (Å²) >= 11 is 10.4. The van der Waals surface area contributed by atoms with E-state index in [1.165, 1.54) is 4.90 Å². The van der Waals surface area contributed by atoms with Gasteiger partial charge in [-0.15, -0.1) is 0 Å². The Morgan fingerprint density at radius 1 is 1.10 bits per heavy atom. The van der Waals surface area contributed by atoms with Crippen LogP contribution >= 0.6 is 39.3 Å². The van der Waals surface area contributed by atoms with Crippen LogP contribution in [0.15, 0.2) is 45.8 Å². The molecule has 1 heterocycles. The van der Waals surface area contributed by atoms with Crippen LogP contribution < -0.4 is 9.47 Å². The lowest BCUT2D eigenvalue weighted by atomic mass is 10.1. The highest BCUT2D eigenvalue weighted by Gasteiger charge is 2.34. The molecule has 0 aromatic heterocycles. The van der Waals surface area contributed by atoms with E-state index in [1.807, 2.05) is 44.2 Å². The first-order valence-electron chi connectivity index (χ1n) is 9.51. The van der Waals surface area contributed by atoms with Crippen LogP contribution in [0.3, 0.4) is 0 Å². The molecule has 0 atom stereocenters. The van der Waals surface area contributed by atoms with Crippen molar-refractivity contribution in [1.82, 2.24) is 4.90 Å². The van der Waals surface area contributed by atoms with Crippen molar-refractivity contribution in [2.24, 2.45) is 0 Å². The number of halogens is 2. The standard InChI is InChI=1S/C22H21BrClNO4S/c1-3-9-25-21(26)20(30-22(25)27)11-15-10-18(28-4-2)19(12-17(15)23)29-13-14-5-7-16(24)8-6-14/h5-8,10-12H,3-4,9,13H2,1-2H3/b20-11+. The maximum atomic E-state index is 12.5. The van der Waals surface area contributed by atoms with Crippen LogP contribution in [-0.4, -0.2) is 29.2 Å². The van der Waals surface area contributed by atoms with Crippen molar-refractivity contribution in [2.45, 2.75) is 26.9 Å². The molecule has 0 unspecified atom stereocenters. The summed E-state index contributed by atoms with van der Waals surface area (Å²) in [6.07, 6.45) is 2.43. The highest BCUT2D eigenvalue weighted by atomic mass is 79.9. The largest absolute Gasteiger partial charge is 0.490 e. The van der Waals surface area contributed by atoms with E-state index >= 15 is 0 Å². The molecule has 1 saturated heterocycles. The Hall–Kier alpha value is -1.96. The first kappa shape index (κ1) is 22.7. The monoisotopic (exact) mass is 509 g/mol. The summed E-state index contributed by atoms with van der Waals surface area (Å²) in [7, 11) is 0. The topological polar surface area (TPSA) is 55.8 Å². The van der Waals surface area contributed by atoms with Crippen LogP contribution in [0.1, 0.15) is 31.4 Å².